The number of carboxylic acid groups (broad SMARTS) is 1. The maximum absolute atomic E-state index is 10.5. The lowest BCUT2D eigenvalue weighted by Crippen LogP contribution is -2.46. The number of carbonyl (C=O) groups is 1. The molecule has 0 aliphatic carbocycles. The Hall–Kier alpha value is -0.570. The van der Waals surface area contributed by atoms with Crippen LogP contribution in [0, 0.1) is 0 Å². The molecule has 0 aromatic carbocycles. The smallest absolute Gasteiger partial charge is 0.317 e. The Bertz CT molecular complexity index is 160. The molecule has 70 valence electrons. The molecule has 0 aromatic rings. The molecule has 3 heteroatoms. The summed E-state index contributed by atoms with van der Waals surface area (Å²) in [6.07, 6.45) is 3.51. The van der Waals surface area contributed by atoms with Crippen LogP contribution in [0.2, 0.25) is 0 Å². The van der Waals surface area contributed by atoms with E-state index in [0.717, 1.165) is 12.8 Å². The SMILES string of the molecule is CC1CCC[13CH](C)N1CC(=O)O. The Kier molecular flexibility index (Phi) is 3.09. The molecular weight excluding hydrogens is 155 g/mol. The first-order valence-corrected chi connectivity index (χ1v) is 4.59. The molecule has 12 heavy (non-hydrogen) atoms. The zero-order valence-electron chi connectivity index (χ0n) is 7.79. The Morgan fingerprint density at radius 2 is 1.92 bits per heavy atom. The van der Waals surface area contributed by atoms with Crippen LogP contribution in [0.15, 0.2) is 0 Å². The van der Waals surface area contributed by atoms with E-state index in [1.807, 2.05) is 0 Å². The lowest BCUT2D eigenvalue weighted by atomic mass is 10.1. The Morgan fingerprint density at radius 1 is 1.42 bits per heavy atom. The topological polar surface area (TPSA) is 40.5 Å². The van der Waals surface area contributed by atoms with Crippen LogP contribution in [-0.4, -0.2) is 34.6 Å². The molecule has 2 atom stereocenters. The summed E-state index contributed by atoms with van der Waals surface area (Å²) in [6.45, 7) is 4.42. The average Bonchev–Trinajstić information content (AvgIpc) is 1.97. The molecule has 0 radical (unpaired) electrons. The molecule has 0 saturated carbocycles. The lowest BCUT2D eigenvalue weighted by molar-refractivity contribution is -0.140. The molecule has 0 spiro atoms. The van der Waals surface area contributed by atoms with Crippen LogP contribution >= 0.6 is 0 Å². The summed E-state index contributed by atoms with van der Waals surface area (Å²) in [5.74, 6) is -0.712. The van der Waals surface area contributed by atoms with Crippen LogP contribution in [-0.2, 0) is 4.79 Å². The molecule has 0 bridgehead atoms. The van der Waals surface area contributed by atoms with E-state index in [9.17, 15) is 4.79 Å². The fourth-order valence-electron chi connectivity index (χ4n) is 1.94. The molecule has 1 rings (SSSR count). The predicted molar refractivity (Wildman–Crippen MR) is 47.1 cm³/mol. The first-order valence-electron chi connectivity index (χ1n) is 4.59. The summed E-state index contributed by atoms with van der Waals surface area (Å²) < 4.78 is 0. The number of likely N-dealkylation sites (tertiary alicyclic amines) is 1. The van der Waals surface area contributed by atoms with Crippen molar-refractivity contribution in [2.24, 2.45) is 0 Å². The van der Waals surface area contributed by atoms with Gasteiger partial charge in [-0.05, 0) is 26.7 Å². The van der Waals surface area contributed by atoms with Crippen molar-refractivity contribution in [3.8, 4) is 0 Å². The molecule has 1 heterocycles. The summed E-state index contributed by atoms with van der Waals surface area (Å²) in [5, 5.41) is 8.66. The van der Waals surface area contributed by atoms with Gasteiger partial charge < -0.3 is 5.11 Å². The predicted octanol–water partition coefficient (Wildman–Crippen LogP) is 1.33. The van der Waals surface area contributed by atoms with Crippen LogP contribution in [0.5, 0.6) is 0 Å². The minimum atomic E-state index is -0.712. The molecule has 1 aliphatic heterocycles. The zero-order valence-corrected chi connectivity index (χ0v) is 7.79. The largest absolute Gasteiger partial charge is 0.480 e. The van der Waals surface area contributed by atoms with Crippen LogP contribution in [0.25, 0.3) is 0 Å². The summed E-state index contributed by atoms with van der Waals surface area (Å²) >= 11 is 0. The highest BCUT2D eigenvalue weighted by molar-refractivity contribution is 5.69. The van der Waals surface area contributed by atoms with Gasteiger partial charge in [0.05, 0.1) is 6.54 Å². The normalized spacial score (nSPS) is 31.8. The average molecular weight is 172 g/mol. The highest BCUT2D eigenvalue weighted by atomic mass is 16.4. The van der Waals surface area contributed by atoms with E-state index in [4.69, 9.17) is 5.11 Å². The van der Waals surface area contributed by atoms with Gasteiger partial charge in [0.15, 0.2) is 0 Å². The minimum Gasteiger partial charge on any atom is -0.480 e. The third-order valence-electron chi connectivity index (χ3n) is 2.69. The van der Waals surface area contributed by atoms with Gasteiger partial charge >= 0.3 is 5.97 Å². The monoisotopic (exact) mass is 172 g/mol. The maximum Gasteiger partial charge on any atom is 0.317 e. The Labute approximate surface area is 73.4 Å². The van der Waals surface area contributed by atoms with Gasteiger partial charge in [0.1, 0.15) is 0 Å². The van der Waals surface area contributed by atoms with Crippen molar-refractivity contribution in [2.45, 2.75) is 45.2 Å². The van der Waals surface area contributed by atoms with Crippen LogP contribution in [0.1, 0.15) is 33.1 Å². The van der Waals surface area contributed by atoms with E-state index in [0.29, 0.717) is 12.1 Å². The molecule has 1 N–H and O–H groups in total. The van der Waals surface area contributed by atoms with Gasteiger partial charge in [-0.15, -0.1) is 0 Å². The van der Waals surface area contributed by atoms with E-state index in [1.54, 1.807) is 0 Å². The first kappa shape index (κ1) is 9.52. The van der Waals surface area contributed by atoms with E-state index < -0.39 is 5.97 Å². The van der Waals surface area contributed by atoms with E-state index >= 15 is 0 Å². The standard InChI is InChI=1S/C9H17NO2/c1-7-4-3-5-8(2)10(7)6-9(11)12/h7-8H,3-6H2,1-2H3,(H,11,12)/i7+1. The van der Waals surface area contributed by atoms with Crippen molar-refractivity contribution in [3.05, 3.63) is 0 Å². The number of hydrogen-bond donors (Lipinski definition) is 1. The highest BCUT2D eigenvalue weighted by Gasteiger charge is 2.25. The minimum absolute atomic E-state index is 0.197. The maximum atomic E-state index is 10.5. The van der Waals surface area contributed by atoms with Crippen molar-refractivity contribution in [2.75, 3.05) is 6.54 Å². The third-order valence-corrected chi connectivity index (χ3v) is 2.69. The van der Waals surface area contributed by atoms with E-state index in [1.165, 1.54) is 6.42 Å². The van der Waals surface area contributed by atoms with Gasteiger partial charge in [-0.3, -0.25) is 9.69 Å². The van der Waals surface area contributed by atoms with Crippen molar-refractivity contribution in [1.82, 2.24) is 4.90 Å². The summed E-state index contributed by atoms with van der Waals surface area (Å²) in [6, 6.07) is 0.870. The molecule has 0 aromatic heterocycles. The van der Waals surface area contributed by atoms with Crippen molar-refractivity contribution in [1.29, 1.82) is 0 Å². The summed E-state index contributed by atoms with van der Waals surface area (Å²) in [4.78, 5) is 12.6. The molecule has 0 amide bonds. The second-order valence-electron chi connectivity index (χ2n) is 3.70. The second kappa shape index (κ2) is 3.90. The van der Waals surface area contributed by atoms with Crippen LogP contribution < -0.4 is 0 Å². The van der Waals surface area contributed by atoms with Crippen molar-refractivity contribution in [3.63, 3.8) is 0 Å². The third kappa shape index (κ3) is 2.21. The van der Waals surface area contributed by atoms with Gasteiger partial charge in [-0.2, -0.15) is 0 Å². The molecule has 1 aliphatic rings. The second-order valence-corrected chi connectivity index (χ2v) is 3.70. The van der Waals surface area contributed by atoms with Crippen molar-refractivity contribution < 1.29 is 9.90 Å². The number of aliphatic carboxylic acids is 1. The molecule has 3 nitrogen and oxygen atoms in total. The molecular formula is C9H17NO2. The molecule has 1 saturated heterocycles. The number of nitrogens with zero attached hydrogens (tertiary/aromatic N) is 1. The van der Waals surface area contributed by atoms with Crippen LogP contribution in [0.3, 0.4) is 0 Å². The first-order chi connectivity index (χ1) is 5.61. The van der Waals surface area contributed by atoms with Crippen LogP contribution in [0.4, 0.5) is 0 Å². The Morgan fingerprint density at radius 3 is 2.33 bits per heavy atom. The fraction of sp³-hybridized carbons (Fsp3) is 0.889. The number of carboxylic acids is 1. The number of piperidine rings is 1. The number of rotatable bonds is 2. The van der Waals surface area contributed by atoms with Gasteiger partial charge in [0.2, 0.25) is 0 Å². The van der Waals surface area contributed by atoms with Gasteiger partial charge in [0.25, 0.3) is 0 Å². The van der Waals surface area contributed by atoms with Gasteiger partial charge in [-0.1, -0.05) is 6.42 Å². The molecule has 1 fully saturated rings. The zero-order chi connectivity index (χ0) is 9.14. The van der Waals surface area contributed by atoms with Gasteiger partial charge in [0, 0.05) is 12.1 Å². The summed E-state index contributed by atoms with van der Waals surface area (Å²) in [7, 11) is 0. The Balaban J connectivity index is 2.50. The number of hydrogen-bond acceptors (Lipinski definition) is 2. The lowest BCUT2D eigenvalue weighted by Gasteiger charge is -2.37. The van der Waals surface area contributed by atoms with E-state index in [-0.39, 0.29) is 6.54 Å². The van der Waals surface area contributed by atoms with E-state index in [2.05, 4.69) is 18.7 Å². The molecule has 2 unspecified atom stereocenters. The van der Waals surface area contributed by atoms with Gasteiger partial charge in [-0.25, -0.2) is 0 Å². The quantitative estimate of drug-likeness (QED) is 0.639. The summed E-state index contributed by atoms with van der Waals surface area (Å²) in [5.41, 5.74) is 0. The van der Waals surface area contributed by atoms with Crippen molar-refractivity contribution >= 4 is 5.97 Å². The highest BCUT2D eigenvalue weighted by Crippen LogP contribution is 2.21. The fourth-order valence-corrected chi connectivity index (χ4v) is 1.94.